The van der Waals surface area contributed by atoms with Gasteiger partial charge in [0.05, 0.1) is 11.7 Å². The van der Waals surface area contributed by atoms with Crippen molar-refractivity contribution in [3.63, 3.8) is 0 Å². The molecule has 0 aliphatic rings. The summed E-state index contributed by atoms with van der Waals surface area (Å²) in [6.45, 7) is -0.0877. The van der Waals surface area contributed by atoms with Crippen LogP contribution < -0.4 is 11.5 Å². The number of rotatable bonds is 2. The van der Waals surface area contributed by atoms with E-state index >= 15 is 0 Å². The molecule has 0 saturated carbocycles. The molecule has 0 fully saturated rings. The van der Waals surface area contributed by atoms with Crippen LogP contribution in [0.3, 0.4) is 0 Å². The van der Waals surface area contributed by atoms with Crippen molar-refractivity contribution < 1.29 is 18.3 Å². The largest absolute Gasteiger partial charge is 0.416 e. The van der Waals surface area contributed by atoms with Gasteiger partial charge in [0.15, 0.2) is 0 Å². The van der Waals surface area contributed by atoms with E-state index in [0.717, 1.165) is 18.2 Å². The number of hydrogen-bond donors (Lipinski definition) is 3. The second kappa shape index (κ2) is 4.08. The van der Waals surface area contributed by atoms with Crippen molar-refractivity contribution >= 4 is 5.69 Å². The standard InChI is InChI=1S/C9H11F3N2O/c10-9(11,12)5-1-2-6(7(14)3-5)8(15)4-13/h1-3,8,15H,4,13-14H2. The van der Waals surface area contributed by atoms with Crippen molar-refractivity contribution in [2.24, 2.45) is 5.73 Å². The molecule has 0 aliphatic heterocycles. The number of nitrogens with two attached hydrogens (primary N) is 2. The van der Waals surface area contributed by atoms with Gasteiger partial charge in [0.2, 0.25) is 0 Å². The van der Waals surface area contributed by atoms with Crippen molar-refractivity contribution in [1.82, 2.24) is 0 Å². The quantitative estimate of drug-likeness (QED) is 0.657. The number of anilines is 1. The zero-order chi connectivity index (χ0) is 11.6. The molecule has 84 valence electrons. The molecule has 1 aromatic carbocycles. The van der Waals surface area contributed by atoms with Crippen molar-refractivity contribution in [2.75, 3.05) is 12.3 Å². The molecular weight excluding hydrogens is 209 g/mol. The fourth-order valence-electron chi connectivity index (χ4n) is 1.18. The van der Waals surface area contributed by atoms with Gasteiger partial charge in [-0.15, -0.1) is 0 Å². The summed E-state index contributed by atoms with van der Waals surface area (Å²) in [5.74, 6) is 0. The lowest BCUT2D eigenvalue weighted by molar-refractivity contribution is -0.137. The van der Waals surface area contributed by atoms with Crippen LogP contribution in [0.4, 0.5) is 18.9 Å². The van der Waals surface area contributed by atoms with Crippen LogP contribution in [0.5, 0.6) is 0 Å². The van der Waals surface area contributed by atoms with Crippen molar-refractivity contribution in [2.45, 2.75) is 12.3 Å². The van der Waals surface area contributed by atoms with E-state index in [-0.39, 0.29) is 17.8 Å². The highest BCUT2D eigenvalue weighted by atomic mass is 19.4. The minimum atomic E-state index is -4.43. The molecule has 0 heterocycles. The normalized spacial score (nSPS) is 13.9. The Morgan fingerprint density at radius 1 is 1.33 bits per heavy atom. The number of hydrogen-bond acceptors (Lipinski definition) is 3. The zero-order valence-electron chi connectivity index (χ0n) is 7.75. The lowest BCUT2D eigenvalue weighted by Gasteiger charge is -2.13. The lowest BCUT2D eigenvalue weighted by Crippen LogP contribution is -2.14. The maximum absolute atomic E-state index is 12.2. The monoisotopic (exact) mass is 220 g/mol. The molecule has 0 radical (unpaired) electrons. The van der Waals surface area contributed by atoms with E-state index in [0.29, 0.717) is 0 Å². The first-order chi connectivity index (χ1) is 6.86. The summed E-state index contributed by atoms with van der Waals surface area (Å²) in [5, 5.41) is 9.32. The molecule has 15 heavy (non-hydrogen) atoms. The van der Waals surface area contributed by atoms with E-state index in [1.807, 2.05) is 0 Å². The number of nitrogen functional groups attached to an aromatic ring is 1. The van der Waals surface area contributed by atoms with E-state index in [9.17, 15) is 18.3 Å². The second-order valence-electron chi connectivity index (χ2n) is 3.09. The first-order valence-corrected chi connectivity index (χ1v) is 4.21. The Kier molecular flexibility index (Phi) is 3.21. The Labute approximate surface area is 84.5 Å². The van der Waals surface area contributed by atoms with E-state index in [1.54, 1.807) is 0 Å². The van der Waals surface area contributed by atoms with E-state index in [4.69, 9.17) is 11.5 Å². The third-order valence-corrected chi connectivity index (χ3v) is 2.00. The smallest absolute Gasteiger partial charge is 0.398 e. The highest BCUT2D eigenvalue weighted by Gasteiger charge is 2.31. The predicted molar refractivity (Wildman–Crippen MR) is 49.9 cm³/mol. The number of halogens is 3. The van der Waals surface area contributed by atoms with Gasteiger partial charge in [-0.05, 0) is 12.1 Å². The van der Waals surface area contributed by atoms with Crippen molar-refractivity contribution in [1.29, 1.82) is 0 Å². The highest BCUT2D eigenvalue weighted by Crippen LogP contribution is 2.32. The third kappa shape index (κ3) is 2.60. The number of benzene rings is 1. The molecule has 0 aromatic heterocycles. The molecule has 1 aromatic rings. The van der Waals surface area contributed by atoms with Gasteiger partial charge in [0.1, 0.15) is 0 Å². The Balaban J connectivity index is 3.09. The van der Waals surface area contributed by atoms with Crippen LogP contribution in [-0.2, 0) is 6.18 Å². The summed E-state index contributed by atoms with van der Waals surface area (Å²) in [5.41, 5.74) is 9.81. The Morgan fingerprint density at radius 3 is 2.33 bits per heavy atom. The molecule has 0 spiro atoms. The third-order valence-electron chi connectivity index (χ3n) is 2.00. The van der Waals surface area contributed by atoms with Crippen molar-refractivity contribution in [3.8, 4) is 0 Å². The van der Waals surface area contributed by atoms with Gasteiger partial charge in [0.25, 0.3) is 0 Å². The fraction of sp³-hybridized carbons (Fsp3) is 0.333. The number of aliphatic hydroxyl groups excluding tert-OH is 1. The molecule has 6 heteroatoms. The van der Waals surface area contributed by atoms with Crippen LogP contribution in [0.1, 0.15) is 17.2 Å². The van der Waals surface area contributed by atoms with Gasteiger partial charge in [-0.25, -0.2) is 0 Å². The first kappa shape index (κ1) is 11.8. The molecular formula is C9H11F3N2O. The highest BCUT2D eigenvalue weighted by molar-refractivity contribution is 5.51. The minimum absolute atomic E-state index is 0.0877. The molecule has 0 bridgehead atoms. The van der Waals surface area contributed by atoms with E-state index in [1.165, 1.54) is 0 Å². The van der Waals surface area contributed by atoms with Gasteiger partial charge in [-0.3, -0.25) is 0 Å². The van der Waals surface area contributed by atoms with Gasteiger partial charge in [0, 0.05) is 17.8 Å². The first-order valence-electron chi connectivity index (χ1n) is 4.21. The molecule has 0 amide bonds. The summed E-state index contributed by atoms with van der Waals surface area (Å²) < 4.78 is 36.7. The fourth-order valence-corrected chi connectivity index (χ4v) is 1.18. The van der Waals surface area contributed by atoms with Crippen LogP contribution in [0.15, 0.2) is 18.2 Å². The van der Waals surface area contributed by atoms with Crippen LogP contribution in [0.2, 0.25) is 0 Å². The Hall–Kier alpha value is -1.27. The molecule has 1 rings (SSSR count). The van der Waals surface area contributed by atoms with E-state index < -0.39 is 17.8 Å². The second-order valence-corrected chi connectivity index (χ2v) is 3.09. The number of alkyl halides is 3. The van der Waals surface area contributed by atoms with Gasteiger partial charge >= 0.3 is 6.18 Å². The topological polar surface area (TPSA) is 72.3 Å². The average Bonchev–Trinajstić information content (AvgIpc) is 2.15. The van der Waals surface area contributed by atoms with Crippen LogP contribution in [0, 0.1) is 0 Å². The molecule has 5 N–H and O–H groups in total. The van der Waals surface area contributed by atoms with E-state index in [2.05, 4.69) is 0 Å². The summed E-state index contributed by atoms with van der Waals surface area (Å²) in [6.07, 6.45) is -5.47. The van der Waals surface area contributed by atoms with Crippen LogP contribution in [-0.4, -0.2) is 11.7 Å². The SMILES string of the molecule is NCC(O)c1ccc(C(F)(F)F)cc1N. The lowest BCUT2D eigenvalue weighted by atomic mass is 10.0. The Morgan fingerprint density at radius 2 is 1.93 bits per heavy atom. The van der Waals surface area contributed by atoms with Gasteiger partial charge < -0.3 is 16.6 Å². The average molecular weight is 220 g/mol. The summed E-state index contributed by atoms with van der Waals surface area (Å²) in [4.78, 5) is 0. The van der Waals surface area contributed by atoms with Crippen molar-refractivity contribution in [3.05, 3.63) is 29.3 Å². The Bertz CT molecular complexity index is 352. The maximum atomic E-state index is 12.2. The minimum Gasteiger partial charge on any atom is -0.398 e. The van der Waals surface area contributed by atoms with Gasteiger partial charge in [-0.1, -0.05) is 6.07 Å². The molecule has 3 nitrogen and oxygen atoms in total. The summed E-state index contributed by atoms with van der Waals surface area (Å²) >= 11 is 0. The number of aliphatic hydroxyl groups is 1. The molecule has 1 atom stereocenters. The summed E-state index contributed by atoms with van der Waals surface area (Å²) in [7, 11) is 0. The molecule has 0 saturated heterocycles. The van der Waals surface area contributed by atoms with Crippen LogP contribution in [0.25, 0.3) is 0 Å². The molecule has 1 unspecified atom stereocenters. The molecule has 0 aliphatic carbocycles. The van der Waals surface area contributed by atoms with Crippen LogP contribution >= 0.6 is 0 Å². The summed E-state index contributed by atoms with van der Waals surface area (Å²) in [6, 6.07) is 2.79. The zero-order valence-corrected chi connectivity index (χ0v) is 7.75. The van der Waals surface area contributed by atoms with Gasteiger partial charge in [-0.2, -0.15) is 13.2 Å². The predicted octanol–water partition coefficient (Wildman–Crippen LogP) is 1.28. The maximum Gasteiger partial charge on any atom is 0.416 e.